The molecule has 6 heteroatoms. The number of halogens is 1. The lowest BCUT2D eigenvalue weighted by molar-refractivity contribution is 0.0945. The lowest BCUT2D eigenvalue weighted by atomic mass is 10.1. The number of amides is 2. The van der Waals surface area contributed by atoms with E-state index in [1.54, 1.807) is 36.4 Å². The van der Waals surface area contributed by atoms with Crippen LogP contribution in [0.4, 0.5) is 5.69 Å². The zero-order chi connectivity index (χ0) is 20.1. The fourth-order valence-corrected chi connectivity index (χ4v) is 2.89. The minimum absolute atomic E-state index is 0.155. The van der Waals surface area contributed by atoms with Crippen LogP contribution in [0.15, 0.2) is 60.7 Å². The number of hydrogen-bond acceptors (Lipinski definition) is 3. The van der Waals surface area contributed by atoms with Crippen LogP contribution in [0.5, 0.6) is 0 Å². The van der Waals surface area contributed by atoms with Crippen molar-refractivity contribution in [3.63, 3.8) is 0 Å². The molecule has 2 amide bonds. The maximum absolute atomic E-state index is 12.5. The largest absolute Gasteiger partial charge is 0.347 e. The second kappa shape index (κ2) is 8.67. The minimum atomic E-state index is -0.404. The summed E-state index contributed by atoms with van der Waals surface area (Å²) in [5.41, 5.74) is 3.84. The van der Waals surface area contributed by atoms with Crippen LogP contribution in [-0.4, -0.2) is 16.8 Å². The molecule has 3 rings (SSSR count). The van der Waals surface area contributed by atoms with Crippen LogP contribution < -0.4 is 10.6 Å². The fourth-order valence-electron chi connectivity index (χ4n) is 2.71. The van der Waals surface area contributed by atoms with Gasteiger partial charge in [0.15, 0.2) is 0 Å². The summed E-state index contributed by atoms with van der Waals surface area (Å²) < 4.78 is 0. The summed E-state index contributed by atoms with van der Waals surface area (Å²) in [6.45, 7) is 4.21. The molecule has 0 bridgehead atoms. The van der Waals surface area contributed by atoms with Gasteiger partial charge in [0.05, 0.1) is 0 Å². The highest BCUT2D eigenvalue weighted by Crippen LogP contribution is 2.23. The number of aryl methyl sites for hydroxylation is 1. The predicted octanol–water partition coefficient (Wildman–Crippen LogP) is 4.53. The lowest BCUT2D eigenvalue weighted by Gasteiger charge is -2.10. The Morgan fingerprint density at radius 1 is 0.929 bits per heavy atom. The quantitative estimate of drug-likeness (QED) is 0.668. The fraction of sp³-hybridized carbons (Fsp3) is 0.136. The van der Waals surface area contributed by atoms with Gasteiger partial charge in [0.25, 0.3) is 11.8 Å². The van der Waals surface area contributed by atoms with Gasteiger partial charge in [-0.2, -0.15) is 0 Å². The van der Waals surface area contributed by atoms with Gasteiger partial charge in [0.2, 0.25) is 0 Å². The molecule has 0 unspecified atom stereocenters. The molecule has 0 saturated carbocycles. The van der Waals surface area contributed by atoms with Crippen molar-refractivity contribution < 1.29 is 9.59 Å². The second-order valence-corrected chi connectivity index (χ2v) is 6.85. The van der Waals surface area contributed by atoms with E-state index in [2.05, 4.69) is 15.6 Å². The molecule has 0 atom stereocenters. The molecular formula is C22H20ClN3O2. The van der Waals surface area contributed by atoms with Crippen LogP contribution in [0.3, 0.4) is 0 Å². The van der Waals surface area contributed by atoms with Crippen molar-refractivity contribution in [1.29, 1.82) is 0 Å². The molecule has 0 radical (unpaired) electrons. The van der Waals surface area contributed by atoms with Gasteiger partial charge in [-0.1, -0.05) is 53.6 Å². The highest BCUT2D eigenvalue weighted by Gasteiger charge is 2.14. The Morgan fingerprint density at radius 3 is 2.36 bits per heavy atom. The van der Waals surface area contributed by atoms with E-state index in [0.29, 0.717) is 17.3 Å². The molecule has 0 aliphatic heterocycles. The molecule has 1 heterocycles. The van der Waals surface area contributed by atoms with Crippen molar-refractivity contribution in [3.05, 3.63) is 93.8 Å². The van der Waals surface area contributed by atoms with Crippen LogP contribution in [0, 0.1) is 13.8 Å². The van der Waals surface area contributed by atoms with E-state index in [0.717, 1.165) is 16.7 Å². The molecule has 0 aliphatic carbocycles. The van der Waals surface area contributed by atoms with Gasteiger partial charge in [-0.25, -0.2) is 4.98 Å². The van der Waals surface area contributed by atoms with Gasteiger partial charge >= 0.3 is 0 Å². The Hall–Kier alpha value is -3.18. The number of nitrogens with one attached hydrogen (secondary N) is 2. The molecule has 1 aromatic heterocycles. The monoisotopic (exact) mass is 393 g/mol. The first-order valence-electron chi connectivity index (χ1n) is 8.81. The molecule has 0 saturated heterocycles. The third-order valence-electron chi connectivity index (χ3n) is 4.27. The first kappa shape index (κ1) is 19.6. The normalized spacial score (nSPS) is 10.4. The highest BCUT2D eigenvalue weighted by molar-refractivity contribution is 6.31. The molecule has 142 valence electrons. The van der Waals surface area contributed by atoms with Crippen LogP contribution >= 0.6 is 11.6 Å². The zero-order valence-corrected chi connectivity index (χ0v) is 16.4. The number of pyridine rings is 1. The molecule has 5 nitrogen and oxygen atoms in total. The predicted molar refractivity (Wildman–Crippen MR) is 111 cm³/mol. The number of carbonyl (C=O) groups excluding carboxylic acids is 2. The van der Waals surface area contributed by atoms with Crippen molar-refractivity contribution in [3.8, 4) is 0 Å². The van der Waals surface area contributed by atoms with Crippen LogP contribution in [0.2, 0.25) is 5.02 Å². The van der Waals surface area contributed by atoms with E-state index in [1.165, 1.54) is 0 Å². The topological polar surface area (TPSA) is 71.1 Å². The highest BCUT2D eigenvalue weighted by atomic mass is 35.5. The Morgan fingerprint density at radius 2 is 1.61 bits per heavy atom. The number of anilines is 1. The Balaban J connectivity index is 1.69. The van der Waals surface area contributed by atoms with Gasteiger partial charge < -0.3 is 10.6 Å². The van der Waals surface area contributed by atoms with E-state index in [4.69, 9.17) is 11.6 Å². The third kappa shape index (κ3) is 4.75. The van der Waals surface area contributed by atoms with E-state index in [1.807, 2.05) is 38.1 Å². The number of benzene rings is 2. The molecule has 0 fully saturated rings. The van der Waals surface area contributed by atoms with E-state index in [-0.39, 0.29) is 17.3 Å². The third-order valence-corrected chi connectivity index (χ3v) is 4.68. The number of nitrogens with zero attached hydrogens (tertiary/aromatic N) is 1. The van der Waals surface area contributed by atoms with Crippen LogP contribution in [0.25, 0.3) is 0 Å². The van der Waals surface area contributed by atoms with Crippen molar-refractivity contribution in [2.75, 3.05) is 5.32 Å². The van der Waals surface area contributed by atoms with Gasteiger partial charge in [0.1, 0.15) is 11.4 Å². The average Bonchev–Trinajstić information content (AvgIpc) is 2.70. The van der Waals surface area contributed by atoms with Gasteiger partial charge in [-0.15, -0.1) is 0 Å². The molecular weight excluding hydrogens is 374 g/mol. The standard InChI is InChI=1S/C22H20ClN3O2/c1-14-6-3-7-16(12-14)13-24-21(27)19-10-5-11-20(25-19)22(28)26-18-9-4-8-17(23)15(18)2/h3-12H,13H2,1-2H3,(H,24,27)(H,26,28). The van der Waals surface area contributed by atoms with Gasteiger partial charge in [-0.3, -0.25) is 9.59 Å². The Bertz CT molecular complexity index is 1030. The van der Waals surface area contributed by atoms with Gasteiger partial charge in [-0.05, 0) is 49.2 Å². The van der Waals surface area contributed by atoms with E-state index < -0.39 is 5.91 Å². The van der Waals surface area contributed by atoms with Gasteiger partial charge in [0, 0.05) is 17.3 Å². The SMILES string of the molecule is Cc1cccc(CNC(=O)c2cccc(C(=O)Nc3cccc(Cl)c3C)n2)c1. The van der Waals surface area contributed by atoms with Crippen LogP contribution in [-0.2, 0) is 6.54 Å². The van der Waals surface area contributed by atoms with Crippen molar-refractivity contribution in [2.24, 2.45) is 0 Å². The summed E-state index contributed by atoms with van der Waals surface area (Å²) in [6, 6.07) is 17.9. The summed E-state index contributed by atoms with van der Waals surface area (Å²) in [5.74, 6) is -0.742. The molecule has 0 aliphatic rings. The van der Waals surface area contributed by atoms with Crippen LogP contribution in [0.1, 0.15) is 37.7 Å². The Kier molecular flexibility index (Phi) is 6.06. The first-order chi connectivity index (χ1) is 13.4. The lowest BCUT2D eigenvalue weighted by Crippen LogP contribution is -2.25. The first-order valence-corrected chi connectivity index (χ1v) is 9.19. The smallest absolute Gasteiger partial charge is 0.274 e. The number of aromatic nitrogens is 1. The zero-order valence-electron chi connectivity index (χ0n) is 15.6. The summed E-state index contributed by atoms with van der Waals surface area (Å²) in [5, 5.41) is 6.17. The summed E-state index contributed by atoms with van der Waals surface area (Å²) in [6.07, 6.45) is 0. The van der Waals surface area contributed by atoms with Crippen molar-refractivity contribution >= 4 is 29.1 Å². The number of hydrogen-bond donors (Lipinski definition) is 2. The molecule has 0 spiro atoms. The summed E-state index contributed by atoms with van der Waals surface area (Å²) in [7, 11) is 0. The molecule has 2 N–H and O–H groups in total. The van der Waals surface area contributed by atoms with Crippen molar-refractivity contribution in [1.82, 2.24) is 10.3 Å². The summed E-state index contributed by atoms with van der Waals surface area (Å²) >= 11 is 6.09. The maximum atomic E-state index is 12.5. The maximum Gasteiger partial charge on any atom is 0.274 e. The minimum Gasteiger partial charge on any atom is -0.347 e. The Labute approximate surface area is 168 Å². The summed E-state index contributed by atoms with van der Waals surface area (Å²) in [4.78, 5) is 29.1. The van der Waals surface area contributed by atoms with E-state index >= 15 is 0 Å². The molecule has 3 aromatic rings. The number of rotatable bonds is 5. The number of carbonyl (C=O) groups is 2. The van der Waals surface area contributed by atoms with Crippen molar-refractivity contribution in [2.45, 2.75) is 20.4 Å². The molecule has 28 heavy (non-hydrogen) atoms. The van der Waals surface area contributed by atoms with E-state index in [9.17, 15) is 9.59 Å². The average molecular weight is 394 g/mol. The second-order valence-electron chi connectivity index (χ2n) is 6.45. The molecule has 2 aromatic carbocycles.